The van der Waals surface area contributed by atoms with E-state index >= 15 is 0 Å². The van der Waals surface area contributed by atoms with E-state index in [-0.39, 0.29) is 12.5 Å². The molecular formula is C12H14ClNO3. The molecule has 0 atom stereocenters. The highest BCUT2D eigenvalue weighted by Gasteiger charge is 2.12. The first kappa shape index (κ1) is 13.4. The average Bonchev–Trinajstić information content (AvgIpc) is 2.34. The van der Waals surface area contributed by atoms with Crippen LogP contribution in [0.2, 0.25) is 0 Å². The molecule has 92 valence electrons. The highest BCUT2D eigenvalue weighted by atomic mass is 35.5. The van der Waals surface area contributed by atoms with Crippen LogP contribution in [0.3, 0.4) is 0 Å². The Morgan fingerprint density at radius 3 is 2.65 bits per heavy atom. The number of halogens is 1. The first-order valence-corrected chi connectivity index (χ1v) is 5.29. The number of nitrogens with one attached hydrogen (secondary N) is 1. The zero-order chi connectivity index (χ0) is 12.8. The number of hydrogen-bond acceptors (Lipinski definition) is 3. The predicted octanol–water partition coefficient (Wildman–Crippen LogP) is 2.19. The van der Waals surface area contributed by atoms with Crippen LogP contribution in [-0.2, 0) is 0 Å². The smallest absolute Gasteiger partial charge is 0.255 e. The lowest BCUT2D eigenvalue weighted by Crippen LogP contribution is -2.24. The van der Waals surface area contributed by atoms with Crippen LogP contribution in [0.15, 0.2) is 29.8 Å². The van der Waals surface area contributed by atoms with Gasteiger partial charge in [-0.25, -0.2) is 0 Å². The SMILES string of the molecule is C=C(Cl)CNC(=O)c1ccc(OC)cc1OC. The van der Waals surface area contributed by atoms with E-state index in [0.29, 0.717) is 22.1 Å². The predicted molar refractivity (Wildman–Crippen MR) is 66.9 cm³/mol. The summed E-state index contributed by atoms with van der Waals surface area (Å²) in [5.74, 6) is 0.800. The molecule has 1 rings (SSSR count). The first-order valence-electron chi connectivity index (χ1n) is 4.92. The number of hydrogen-bond donors (Lipinski definition) is 1. The van der Waals surface area contributed by atoms with Gasteiger partial charge in [0.15, 0.2) is 0 Å². The molecule has 5 heteroatoms. The third-order valence-electron chi connectivity index (χ3n) is 2.09. The summed E-state index contributed by atoms with van der Waals surface area (Å²) in [6.07, 6.45) is 0. The highest BCUT2D eigenvalue weighted by molar-refractivity contribution is 6.29. The van der Waals surface area contributed by atoms with E-state index in [2.05, 4.69) is 11.9 Å². The van der Waals surface area contributed by atoms with Gasteiger partial charge in [0.25, 0.3) is 5.91 Å². The second-order valence-electron chi connectivity index (χ2n) is 3.27. The fourth-order valence-electron chi connectivity index (χ4n) is 1.26. The number of methoxy groups -OCH3 is 2. The Bertz CT molecular complexity index is 432. The van der Waals surface area contributed by atoms with Crippen molar-refractivity contribution < 1.29 is 14.3 Å². The van der Waals surface area contributed by atoms with Crippen molar-refractivity contribution in [3.63, 3.8) is 0 Å². The van der Waals surface area contributed by atoms with E-state index in [9.17, 15) is 4.79 Å². The summed E-state index contributed by atoms with van der Waals surface area (Å²) in [7, 11) is 3.04. The summed E-state index contributed by atoms with van der Waals surface area (Å²) in [5, 5.41) is 2.99. The molecule has 0 bridgehead atoms. The van der Waals surface area contributed by atoms with Gasteiger partial charge in [0.2, 0.25) is 0 Å². The molecule has 0 radical (unpaired) electrons. The van der Waals surface area contributed by atoms with Crippen molar-refractivity contribution in [3.05, 3.63) is 35.4 Å². The van der Waals surface area contributed by atoms with Crippen molar-refractivity contribution in [2.75, 3.05) is 20.8 Å². The van der Waals surface area contributed by atoms with Gasteiger partial charge in [0.05, 0.1) is 26.3 Å². The quantitative estimate of drug-likeness (QED) is 0.877. The lowest BCUT2D eigenvalue weighted by Gasteiger charge is -2.10. The van der Waals surface area contributed by atoms with Crippen molar-refractivity contribution in [3.8, 4) is 11.5 Å². The molecule has 0 fully saturated rings. The topological polar surface area (TPSA) is 47.6 Å². The second-order valence-corrected chi connectivity index (χ2v) is 3.80. The van der Waals surface area contributed by atoms with Crippen molar-refractivity contribution in [2.45, 2.75) is 0 Å². The third-order valence-corrected chi connectivity index (χ3v) is 2.23. The first-order chi connectivity index (χ1) is 8.08. The maximum Gasteiger partial charge on any atom is 0.255 e. The molecule has 0 spiro atoms. The van der Waals surface area contributed by atoms with Gasteiger partial charge in [0.1, 0.15) is 11.5 Å². The molecule has 0 heterocycles. The molecule has 0 aliphatic carbocycles. The maximum atomic E-state index is 11.8. The summed E-state index contributed by atoms with van der Waals surface area (Å²) in [6, 6.07) is 4.96. The number of rotatable bonds is 5. The molecule has 1 aromatic carbocycles. The van der Waals surface area contributed by atoms with Crippen LogP contribution in [-0.4, -0.2) is 26.7 Å². The third kappa shape index (κ3) is 3.67. The van der Waals surface area contributed by atoms with Crippen molar-refractivity contribution >= 4 is 17.5 Å². The summed E-state index contributed by atoms with van der Waals surface area (Å²) < 4.78 is 10.2. The second kappa shape index (κ2) is 6.15. The summed E-state index contributed by atoms with van der Waals surface area (Å²) in [6.45, 7) is 3.71. The number of carbonyl (C=O) groups is 1. The van der Waals surface area contributed by atoms with Crippen molar-refractivity contribution in [1.82, 2.24) is 5.32 Å². The molecule has 0 saturated carbocycles. The van der Waals surface area contributed by atoms with Gasteiger partial charge in [-0.15, -0.1) is 0 Å². The van der Waals surface area contributed by atoms with Gasteiger partial charge in [-0.1, -0.05) is 18.2 Å². The lowest BCUT2D eigenvalue weighted by atomic mass is 10.1. The monoisotopic (exact) mass is 255 g/mol. The van der Waals surface area contributed by atoms with E-state index in [4.69, 9.17) is 21.1 Å². The van der Waals surface area contributed by atoms with E-state index in [1.807, 2.05) is 0 Å². The zero-order valence-electron chi connectivity index (χ0n) is 9.75. The van der Waals surface area contributed by atoms with Gasteiger partial charge in [-0.05, 0) is 12.1 Å². The molecule has 0 aromatic heterocycles. The fraction of sp³-hybridized carbons (Fsp3) is 0.250. The Morgan fingerprint density at radius 1 is 1.41 bits per heavy atom. The Morgan fingerprint density at radius 2 is 2.12 bits per heavy atom. The van der Waals surface area contributed by atoms with Gasteiger partial charge in [-0.2, -0.15) is 0 Å². The van der Waals surface area contributed by atoms with Crippen LogP contribution in [0.5, 0.6) is 11.5 Å². The van der Waals surface area contributed by atoms with Crippen LogP contribution in [0.4, 0.5) is 0 Å². The number of ether oxygens (including phenoxy) is 2. The average molecular weight is 256 g/mol. The largest absolute Gasteiger partial charge is 0.497 e. The normalized spacial score (nSPS) is 9.59. The van der Waals surface area contributed by atoms with E-state index in [0.717, 1.165) is 0 Å². The molecule has 17 heavy (non-hydrogen) atoms. The van der Waals surface area contributed by atoms with Crippen LogP contribution in [0.1, 0.15) is 10.4 Å². The Hall–Kier alpha value is -1.68. The number of amides is 1. The minimum atomic E-state index is -0.272. The van der Waals surface area contributed by atoms with Gasteiger partial charge in [0, 0.05) is 11.1 Å². The molecule has 1 amide bonds. The van der Waals surface area contributed by atoms with Crippen LogP contribution < -0.4 is 14.8 Å². The summed E-state index contributed by atoms with van der Waals surface area (Å²) in [4.78, 5) is 11.8. The molecular weight excluding hydrogens is 242 g/mol. The minimum Gasteiger partial charge on any atom is -0.497 e. The molecule has 0 aliphatic rings. The lowest BCUT2D eigenvalue weighted by molar-refractivity contribution is 0.0954. The van der Waals surface area contributed by atoms with E-state index < -0.39 is 0 Å². The minimum absolute atomic E-state index is 0.218. The molecule has 0 aliphatic heterocycles. The van der Waals surface area contributed by atoms with E-state index in [1.165, 1.54) is 7.11 Å². The Balaban J connectivity index is 2.89. The van der Waals surface area contributed by atoms with Crippen molar-refractivity contribution in [2.24, 2.45) is 0 Å². The number of benzene rings is 1. The molecule has 4 nitrogen and oxygen atoms in total. The maximum absolute atomic E-state index is 11.8. The van der Waals surface area contributed by atoms with Crippen molar-refractivity contribution in [1.29, 1.82) is 0 Å². The zero-order valence-corrected chi connectivity index (χ0v) is 10.5. The Kier molecular flexibility index (Phi) is 4.84. The summed E-state index contributed by atoms with van der Waals surface area (Å²) in [5.41, 5.74) is 0.422. The van der Waals surface area contributed by atoms with Gasteiger partial charge < -0.3 is 14.8 Å². The van der Waals surface area contributed by atoms with Crippen LogP contribution in [0, 0.1) is 0 Å². The van der Waals surface area contributed by atoms with Crippen LogP contribution >= 0.6 is 11.6 Å². The van der Waals surface area contributed by atoms with Crippen LogP contribution in [0.25, 0.3) is 0 Å². The van der Waals surface area contributed by atoms with E-state index in [1.54, 1.807) is 25.3 Å². The summed E-state index contributed by atoms with van der Waals surface area (Å²) >= 11 is 5.57. The highest BCUT2D eigenvalue weighted by Crippen LogP contribution is 2.24. The van der Waals surface area contributed by atoms with Gasteiger partial charge in [-0.3, -0.25) is 4.79 Å². The molecule has 1 aromatic rings. The molecule has 1 N–H and O–H groups in total. The molecule has 0 saturated heterocycles. The molecule has 0 unspecified atom stereocenters. The fourth-order valence-corrected chi connectivity index (χ4v) is 1.32. The number of carbonyl (C=O) groups excluding carboxylic acids is 1. The Labute approximate surface area is 105 Å². The standard InChI is InChI=1S/C12H14ClNO3/c1-8(13)7-14-12(15)10-5-4-9(16-2)6-11(10)17-3/h4-6H,1,7H2,2-3H3,(H,14,15). The van der Waals surface area contributed by atoms with Gasteiger partial charge >= 0.3 is 0 Å².